The van der Waals surface area contributed by atoms with Crippen LogP contribution in [0.3, 0.4) is 0 Å². The van der Waals surface area contributed by atoms with Crippen LogP contribution < -0.4 is 10.6 Å². The molecule has 0 spiro atoms. The Morgan fingerprint density at radius 2 is 1.90 bits per heavy atom. The van der Waals surface area contributed by atoms with Crippen molar-refractivity contribution in [2.45, 2.75) is 72.1 Å². The highest BCUT2D eigenvalue weighted by Crippen LogP contribution is 2.06. The second kappa shape index (κ2) is 10.00. The first-order valence-corrected chi connectivity index (χ1v) is 7.59. The average molecular weight is 288 g/mol. The lowest BCUT2D eigenvalue weighted by Crippen LogP contribution is -2.46. The Bertz CT molecular complexity index is 264. The highest BCUT2D eigenvalue weighted by atomic mass is 16.6. The second-order valence-corrected chi connectivity index (χ2v) is 6.10. The second-order valence-electron chi connectivity index (χ2n) is 6.10. The van der Waals surface area contributed by atoms with Gasteiger partial charge in [0.2, 0.25) is 0 Å². The van der Waals surface area contributed by atoms with E-state index in [1.54, 1.807) is 0 Å². The smallest absolute Gasteiger partial charge is 0.407 e. The van der Waals surface area contributed by atoms with Gasteiger partial charge in [-0.25, -0.2) is 4.79 Å². The summed E-state index contributed by atoms with van der Waals surface area (Å²) in [7, 11) is 0. The molecule has 0 rings (SSSR count). The van der Waals surface area contributed by atoms with Crippen molar-refractivity contribution in [1.82, 2.24) is 10.6 Å². The minimum atomic E-state index is -0.458. The Labute approximate surface area is 123 Å². The first-order chi connectivity index (χ1) is 9.28. The van der Waals surface area contributed by atoms with Crippen LogP contribution in [0.1, 0.15) is 54.4 Å². The molecular formula is C15H32N2O3. The fourth-order valence-corrected chi connectivity index (χ4v) is 1.86. The molecule has 120 valence electrons. The van der Waals surface area contributed by atoms with Crippen molar-refractivity contribution in [1.29, 1.82) is 0 Å². The third kappa shape index (κ3) is 11.1. The predicted octanol–water partition coefficient (Wildman–Crippen LogP) is 2.69. The van der Waals surface area contributed by atoms with Gasteiger partial charge in [0.05, 0.1) is 6.61 Å². The molecule has 0 heterocycles. The summed E-state index contributed by atoms with van der Waals surface area (Å²) in [6, 6.07) is 0.509. The van der Waals surface area contributed by atoms with Crippen LogP contribution >= 0.6 is 0 Å². The fourth-order valence-electron chi connectivity index (χ4n) is 1.86. The highest BCUT2D eigenvalue weighted by Gasteiger charge is 2.18. The number of carbonyl (C=O) groups is 1. The first-order valence-electron chi connectivity index (χ1n) is 7.59. The number of amides is 1. The SMILES string of the molecule is CCCC(CNC(=O)OC(C)(C)C)NC(C)COCC. The molecule has 0 saturated heterocycles. The van der Waals surface area contributed by atoms with Gasteiger partial charge in [-0.05, 0) is 41.0 Å². The minimum absolute atomic E-state index is 0.239. The van der Waals surface area contributed by atoms with Gasteiger partial charge in [0.15, 0.2) is 0 Å². The molecule has 0 aromatic heterocycles. The maximum atomic E-state index is 11.6. The van der Waals surface area contributed by atoms with E-state index in [9.17, 15) is 4.79 Å². The van der Waals surface area contributed by atoms with Crippen molar-refractivity contribution >= 4 is 6.09 Å². The van der Waals surface area contributed by atoms with E-state index in [4.69, 9.17) is 9.47 Å². The standard InChI is InChI=1S/C15H32N2O3/c1-7-9-13(17-12(3)11-19-8-2)10-16-14(18)20-15(4,5)6/h12-13,17H,7-11H2,1-6H3,(H,16,18). The summed E-state index contributed by atoms with van der Waals surface area (Å²) in [5, 5.41) is 6.30. The Balaban J connectivity index is 4.10. The fraction of sp³-hybridized carbons (Fsp3) is 0.933. The summed E-state index contributed by atoms with van der Waals surface area (Å²) in [5.41, 5.74) is -0.458. The Kier molecular flexibility index (Phi) is 9.59. The maximum absolute atomic E-state index is 11.6. The van der Waals surface area contributed by atoms with E-state index in [2.05, 4.69) is 24.5 Å². The molecule has 1 amide bonds. The van der Waals surface area contributed by atoms with Crippen LogP contribution in [0.5, 0.6) is 0 Å². The van der Waals surface area contributed by atoms with Crippen molar-refractivity contribution in [3.05, 3.63) is 0 Å². The number of hydrogen-bond acceptors (Lipinski definition) is 4. The molecule has 0 aliphatic carbocycles. The van der Waals surface area contributed by atoms with Gasteiger partial charge in [-0.15, -0.1) is 0 Å². The van der Waals surface area contributed by atoms with E-state index in [0.717, 1.165) is 19.4 Å². The van der Waals surface area contributed by atoms with Crippen molar-refractivity contribution in [3.8, 4) is 0 Å². The lowest BCUT2D eigenvalue weighted by molar-refractivity contribution is 0.0519. The summed E-state index contributed by atoms with van der Waals surface area (Å²) >= 11 is 0. The minimum Gasteiger partial charge on any atom is -0.444 e. The Morgan fingerprint density at radius 3 is 2.40 bits per heavy atom. The maximum Gasteiger partial charge on any atom is 0.407 e. The van der Waals surface area contributed by atoms with Crippen molar-refractivity contribution in [2.24, 2.45) is 0 Å². The van der Waals surface area contributed by atoms with Gasteiger partial charge in [0.25, 0.3) is 0 Å². The van der Waals surface area contributed by atoms with Crippen LogP contribution in [-0.2, 0) is 9.47 Å². The topological polar surface area (TPSA) is 59.6 Å². The van der Waals surface area contributed by atoms with Crippen LogP contribution in [0.15, 0.2) is 0 Å². The number of rotatable bonds is 9. The van der Waals surface area contributed by atoms with Gasteiger partial charge in [-0.2, -0.15) is 0 Å². The van der Waals surface area contributed by atoms with Gasteiger partial charge in [0.1, 0.15) is 5.60 Å². The molecule has 0 aromatic rings. The highest BCUT2D eigenvalue weighted by molar-refractivity contribution is 5.67. The molecule has 0 radical (unpaired) electrons. The molecule has 20 heavy (non-hydrogen) atoms. The molecular weight excluding hydrogens is 256 g/mol. The van der Waals surface area contributed by atoms with E-state index in [1.807, 2.05) is 27.7 Å². The third-order valence-electron chi connectivity index (χ3n) is 2.62. The Morgan fingerprint density at radius 1 is 1.25 bits per heavy atom. The molecule has 0 fully saturated rings. The number of carbonyl (C=O) groups excluding carboxylic acids is 1. The molecule has 2 unspecified atom stereocenters. The van der Waals surface area contributed by atoms with Crippen LogP contribution in [0.2, 0.25) is 0 Å². The predicted molar refractivity (Wildman–Crippen MR) is 82.0 cm³/mol. The zero-order valence-electron chi connectivity index (χ0n) is 13.9. The van der Waals surface area contributed by atoms with Crippen LogP contribution in [0.4, 0.5) is 4.79 Å². The van der Waals surface area contributed by atoms with Crippen molar-refractivity contribution in [2.75, 3.05) is 19.8 Å². The number of alkyl carbamates (subject to hydrolysis) is 1. The lowest BCUT2D eigenvalue weighted by Gasteiger charge is -2.25. The summed E-state index contributed by atoms with van der Waals surface area (Å²) in [6.07, 6.45) is 1.71. The van der Waals surface area contributed by atoms with E-state index in [0.29, 0.717) is 13.2 Å². The molecule has 0 aliphatic rings. The molecule has 0 bridgehead atoms. The molecule has 0 saturated carbocycles. The van der Waals surface area contributed by atoms with Gasteiger partial charge in [-0.1, -0.05) is 13.3 Å². The first kappa shape index (κ1) is 19.2. The molecule has 2 N–H and O–H groups in total. The molecule has 5 heteroatoms. The van der Waals surface area contributed by atoms with Gasteiger partial charge in [-0.3, -0.25) is 0 Å². The monoisotopic (exact) mass is 288 g/mol. The number of ether oxygens (including phenoxy) is 2. The quantitative estimate of drug-likeness (QED) is 0.685. The Hall–Kier alpha value is -0.810. The van der Waals surface area contributed by atoms with Gasteiger partial charge < -0.3 is 20.1 Å². The van der Waals surface area contributed by atoms with E-state index < -0.39 is 5.60 Å². The normalized spacial score (nSPS) is 14.7. The van der Waals surface area contributed by atoms with E-state index >= 15 is 0 Å². The van der Waals surface area contributed by atoms with Gasteiger partial charge in [0, 0.05) is 25.2 Å². The van der Waals surface area contributed by atoms with Crippen molar-refractivity contribution < 1.29 is 14.3 Å². The van der Waals surface area contributed by atoms with Crippen LogP contribution in [0.25, 0.3) is 0 Å². The average Bonchev–Trinajstić information content (AvgIpc) is 2.31. The van der Waals surface area contributed by atoms with E-state index in [1.165, 1.54) is 0 Å². The molecule has 5 nitrogen and oxygen atoms in total. The van der Waals surface area contributed by atoms with E-state index in [-0.39, 0.29) is 18.2 Å². The number of hydrogen-bond donors (Lipinski definition) is 2. The largest absolute Gasteiger partial charge is 0.444 e. The zero-order chi connectivity index (χ0) is 15.6. The summed E-state index contributed by atoms with van der Waals surface area (Å²) in [6.45, 7) is 13.8. The zero-order valence-corrected chi connectivity index (χ0v) is 13.9. The summed E-state index contributed by atoms with van der Waals surface area (Å²) in [5.74, 6) is 0. The van der Waals surface area contributed by atoms with Crippen LogP contribution in [0, 0.1) is 0 Å². The lowest BCUT2D eigenvalue weighted by atomic mass is 10.1. The van der Waals surface area contributed by atoms with Crippen LogP contribution in [-0.4, -0.2) is 43.5 Å². The molecule has 0 aliphatic heterocycles. The summed E-state index contributed by atoms with van der Waals surface area (Å²) in [4.78, 5) is 11.6. The molecule has 0 aromatic carbocycles. The summed E-state index contributed by atoms with van der Waals surface area (Å²) < 4.78 is 10.6. The van der Waals surface area contributed by atoms with Gasteiger partial charge >= 0.3 is 6.09 Å². The van der Waals surface area contributed by atoms with Crippen molar-refractivity contribution in [3.63, 3.8) is 0 Å². The third-order valence-corrected chi connectivity index (χ3v) is 2.62. The number of nitrogens with one attached hydrogen (secondary N) is 2. The molecule has 2 atom stereocenters.